The van der Waals surface area contributed by atoms with Gasteiger partial charge in [-0.05, 0) is 42.5 Å². The lowest BCUT2D eigenvalue weighted by Gasteiger charge is -2.05. The van der Waals surface area contributed by atoms with E-state index in [4.69, 9.17) is 0 Å². The monoisotopic (exact) mass is 295 g/mol. The van der Waals surface area contributed by atoms with Crippen molar-refractivity contribution in [2.45, 2.75) is 13.3 Å². The molecular weight excluding hydrogens is 278 g/mol. The molecular formula is C17H17N3O2. The number of nitrogens with zero attached hydrogens (tertiary/aromatic N) is 1. The van der Waals surface area contributed by atoms with Gasteiger partial charge >= 0.3 is 0 Å². The highest BCUT2D eigenvalue weighted by molar-refractivity contribution is 6.02. The van der Waals surface area contributed by atoms with Crippen molar-refractivity contribution in [2.24, 2.45) is 0 Å². The molecule has 0 aliphatic carbocycles. The third-order valence-corrected chi connectivity index (χ3v) is 2.85. The zero-order valence-corrected chi connectivity index (χ0v) is 12.2. The molecule has 2 rings (SSSR count). The van der Waals surface area contributed by atoms with Crippen molar-refractivity contribution >= 4 is 29.3 Å². The molecule has 0 spiro atoms. The van der Waals surface area contributed by atoms with Gasteiger partial charge in [-0.25, -0.2) is 0 Å². The first-order chi connectivity index (χ1) is 10.7. The summed E-state index contributed by atoms with van der Waals surface area (Å²) < 4.78 is 0. The number of anilines is 2. The van der Waals surface area contributed by atoms with E-state index in [9.17, 15) is 9.59 Å². The van der Waals surface area contributed by atoms with Crippen LogP contribution in [0.5, 0.6) is 0 Å². The molecule has 1 aromatic heterocycles. The van der Waals surface area contributed by atoms with Gasteiger partial charge in [0.15, 0.2) is 0 Å². The van der Waals surface area contributed by atoms with Gasteiger partial charge in [0.25, 0.3) is 0 Å². The third-order valence-electron chi connectivity index (χ3n) is 2.85. The van der Waals surface area contributed by atoms with Crippen molar-refractivity contribution in [2.75, 3.05) is 10.6 Å². The van der Waals surface area contributed by atoms with E-state index < -0.39 is 0 Å². The highest BCUT2D eigenvalue weighted by atomic mass is 16.2. The molecule has 2 N–H and O–H groups in total. The molecule has 5 nitrogen and oxygen atoms in total. The third kappa shape index (κ3) is 4.86. The van der Waals surface area contributed by atoms with Gasteiger partial charge in [0.05, 0.1) is 5.69 Å². The number of carbonyl (C=O) groups excluding carboxylic acids is 2. The molecule has 22 heavy (non-hydrogen) atoms. The Hall–Kier alpha value is -2.95. The fourth-order valence-electron chi connectivity index (χ4n) is 1.71. The highest BCUT2D eigenvalue weighted by Gasteiger charge is 2.01. The van der Waals surface area contributed by atoms with Gasteiger partial charge in [0.1, 0.15) is 0 Å². The molecule has 2 aromatic rings. The summed E-state index contributed by atoms with van der Waals surface area (Å²) in [6.45, 7) is 1.79. The summed E-state index contributed by atoms with van der Waals surface area (Å²) in [7, 11) is 0. The van der Waals surface area contributed by atoms with Gasteiger partial charge in [0.2, 0.25) is 11.8 Å². The van der Waals surface area contributed by atoms with Gasteiger partial charge in [0, 0.05) is 30.1 Å². The number of rotatable bonds is 5. The molecule has 0 aliphatic rings. The number of benzene rings is 1. The van der Waals surface area contributed by atoms with Crippen LogP contribution in [0.3, 0.4) is 0 Å². The van der Waals surface area contributed by atoms with E-state index in [1.807, 2.05) is 18.2 Å². The van der Waals surface area contributed by atoms with E-state index in [1.165, 1.54) is 6.08 Å². The van der Waals surface area contributed by atoms with Gasteiger partial charge < -0.3 is 10.6 Å². The quantitative estimate of drug-likeness (QED) is 0.833. The topological polar surface area (TPSA) is 71.1 Å². The molecule has 0 atom stereocenters. The van der Waals surface area contributed by atoms with Crippen molar-refractivity contribution < 1.29 is 9.59 Å². The molecule has 1 heterocycles. The Kier molecular flexibility index (Phi) is 5.43. The molecule has 0 fully saturated rings. The number of hydrogen-bond acceptors (Lipinski definition) is 3. The lowest BCUT2D eigenvalue weighted by molar-refractivity contribution is -0.116. The minimum Gasteiger partial charge on any atom is -0.326 e. The summed E-state index contributed by atoms with van der Waals surface area (Å²) in [6, 6.07) is 12.4. The van der Waals surface area contributed by atoms with Gasteiger partial charge in [-0.2, -0.15) is 0 Å². The van der Waals surface area contributed by atoms with Crippen LogP contribution in [0.25, 0.3) is 6.08 Å². The minimum atomic E-state index is -0.240. The zero-order valence-electron chi connectivity index (χ0n) is 12.2. The van der Waals surface area contributed by atoms with Crippen molar-refractivity contribution in [3.8, 4) is 0 Å². The number of amides is 2. The predicted molar refractivity (Wildman–Crippen MR) is 87.3 cm³/mol. The largest absolute Gasteiger partial charge is 0.326 e. The Labute approximate surface area is 129 Å². The normalized spacial score (nSPS) is 10.4. The summed E-state index contributed by atoms with van der Waals surface area (Å²) >= 11 is 0. The van der Waals surface area contributed by atoms with Crippen LogP contribution in [0.2, 0.25) is 0 Å². The van der Waals surface area contributed by atoms with E-state index in [1.54, 1.807) is 43.5 Å². The maximum Gasteiger partial charge on any atom is 0.248 e. The Morgan fingerprint density at radius 1 is 1.05 bits per heavy atom. The summed E-state index contributed by atoms with van der Waals surface area (Å²) in [5.74, 6) is -0.286. The second-order valence-electron chi connectivity index (χ2n) is 4.56. The van der Waals surface area contributed by atoms with Gasteiger partial charge in [-0.3, -0.25) is 14.6 Å². The van der Waals surface area contributed by atoms with Crippen molar-refractivity contribution in [1.29, 1.82) is 0 Å². The first-order valence-corrected chi connectivity index (χ1v) is 6.97. The van der Waals surface area contributed by atoms with E-state index in [0.717, 1.165) is 5.69 Å². The van der Waals surface area contributed by atoms with Crippen molar-refractivity contribution in [3.05, 3.63) is 60.4 Å². The van der Waals surface area contributed by atoms with Crippen LogP contribution in [0, 0.1) is 0 Å². The number of aromatic nitrogens is 1. The lowest BCUT2D eigenvalue weighted by Crippen LogP contribution is -2.10. The first-order valence-electron chi connectivity index (χ1n) is 6.97. The number of carbonyl (C=O) groups is 2. The molecule has 0 aliphatic heterocycles. The molecule has 0 unspecified atom stereocenters. The van der Waals surface area contributed by atoms with E-state index in [2.05, 4.69) is 15.6 Å². The maximum atomic E-state index is 11.8. The highest BCUT2D eigenvalue weighted by Crippen LogP contribution is 2.13. The van der Waals surface area contributed by atoms with Crippen LogP contribution in [0.1, 0.15) is 19.0 Å². The Morgan fingerprint density at radius 3 is 2.32 bits per heavy atom. The first kappa shape index (κ1) is 15.4. The summed E-state index contributed by atoms with van der Waals surface area (Å²) in [4.78, 5) is 27.2. The average molecular weight is 295 g/mol. The molecule has 0 saturated heterocycles. The van der Waals surface area contributed by atoms with Crippen molar-refractivity contribution in [3.63, 3.8) is 0 Å². The van der Waals surface area contributed by atoms with Crippen LogP contribution in [0.4, 0.5) is 11.4 Å². The van der Waals surface area contributed by atoms with E-state index in [-0.39, 0.29) is 11.8 Å². The van der Waals surface area contributed by atoms with Crippen molar-refractivity contribution in [1.82, 2.24) is 4.98 Å². The number of nitrogens with one attached hydrogen (secondary N) is 2. The minimum absolute atomic E-state index is 0.0462. The Morgan fingerprint density at radius 2 is 1.73 bits per heavy atom. The van der Waals surface area contributed by atoms with E-state index in [0.29, 0.717) is 17.8 Å². The van der Waals surface area contributed by atoms with E-state index >= 15 is 0 Å². The van der Waals surface area contributed by atoms with Crippen LogP contribution in [-0.4, -0.2) is 16.8 Å². The second-order valence-corrected chi connectivity index (χ2v) is 4.56. The van der Waals surface area contributed by atoms with Crippen LogP contribution >= 0.6 is 0 Å². The second kappa shape index (κ2) is 7.73. The summed E-state index contributed by atoms with van der Waals surface area (Å²) in [5.41, 5.74) is 2.08. The number of pyridine rings is 1. The summed E-state index contributed by atoms with van der Waals surface area (Å²) in [6.07, 6.45) is 5.16. The smallest absolute Gasteiger partial charge is 0.248 e. The standard InChI is InChI=1S/C17H17N3O2/c1-2-16(21)19-14-6-8-15(9-7-14)20-17(22)11-10-13-5-3-4-12-18-13/h3-12H,2H2,1H3,(H,19,21)(H,20,22). The summed E-state index contributed by atoms with van der Waals surface area (Å²) in [5, 5.41) is 5.49. The molecule has 1 aromatic carbocycles. The lowest BCUT2D eigenvalue weighted by atomic mass is 10.2. The van der Waals surface area contributed by atoms with Crippen LogP contribution in [-0.2, 0) is 9.59 Å². The van der Waals surface area contributed by atoms with Crippen LogP contribution in [0.15, 0.2) is 54.7 Å². The SMILES string of the molecule is CCC(=O)Nc1ccc(NC(=O)C=Cc2ccccn2)cc1. The van der Waals surface area contributed by atoms with Crippen LogP contribution < -0.4 is 10.6 Å². The zero-order chi connectivity index (χ0) is 15.8. The molecule has 0 saturated carbocycles. The maximum absolute atomic E-state index is 11.8. The average Bonchev–Trinajstić information content (AvgIpc) is 2.55. The molecule has 0 radical (unpaired) electrons. The molecule has 0 bridgehead atoms. The molecule has 2 amide bonds. The van der Waals surface area contributed by atoms with Gasteiger partial charge in [-0.15, -0.1) is 0 Å². The van der Waals surface area contributed by atoms with Gasteiger partial charge in [-0.1, -0.05) is 13.0 Å². The molecule has 5 heteroatoms. The fraction of sp³-hybridized carbons (Fsp3) is 0.118. The fourth-order valence-corrected chi connectivity index (χ4v) is 1.71. The number of hydrogen-bond donors (Lipinski definition) is 2. The molecule has 112 valence electrons. The Balaban J connectivity index is 1.91. The Bertz CT molecular complexity index is 664. The predicted octanol–water partition coefficient (Wildman–Crippen LogP) is 3.08.